The standard InChI is InChI=1S/C46H56/c1-3-7-17-37-21-11-24-40-26-14-28-42-29-15-31-43-30-13-23-39-19-9-5-2-6-10-20-44(39)33-35-46(43)36-34-45(42)32-16-27-41(40)25-12-22-38(37)18-8-4-1/h11-13,15,21-25,29-31,33-36H,1-10,14,16-20,26-28,32H2. The van der Waals surface area contributed by atoms with Crippen LogP contribution in [0.25, 0.3) is 0 Å². The van der Waals surface area contributed by atoms with Crippen LogP contribution in [0.4, 0.5) is 0 Å². The zero-order valence-electron chi connectivity index (χ0n) is 28.4. The Balaban J connectivity index is 1.27. The second kappa shape index (κ2) is 17.5. The molecular weight excluding hydrogens is 553 g/mol. The molecule has 0 saturated carbocycles. The van der Waals surface area contributed by atoms with Gasteiger partial charge in [-0.15, -0.1) is 0 Å². The van der Waals surface area contributed by atoms with E-state index in [0.29, 0.717) is 0 Å². The largest absolute Gasteiger partial charge is 0.0617 e. The first kappa shape index (κ1) is 32.6. The first-order valence-corrected chi connectivity index (χ1v) is 18.9. The van der Waals surface area contributed by atoms with Crippen LogP contribution in [0.2, 0.25) is 0 Å². The average Bonchev–Trinajstić information content (AvgIpc) is 3.32. The molecule has 0 spiro atoms. The summed E-state index contributed by atoms with van der Waals surface area (Å²) in [6.07, 6.45) is 49.1. The molecule has 0 nitrogen and oxygen atoms in total. The van der Waals surface area contributed by atoms with Crippen molar-refractivity contribution in [3.63, 3.8) is 0 Å². The van der Waals surface area contributed by atoms with Gasteiger partial charge in [0, 0.05) is 0 Å². The van der Waals surface area contributed by atoms with Crippen LogP contribution in [0, 0.1) is 0 Å². The molecule has 0 radical (unpaired) electrons. The van der Waals surface area contributed by atoms with Gasteiger partial charge < -0.3 is 0 Å². The molecule has 0 fully saturated rings. The van der Waals surface area contributed by atoms with Crippen molar-refractivity contribution in [2.75, 3.05) is 0 Å². The lowest BCUT2D eigenvalue weighted by Crippen LogP contribution is -2.00. The summed E-state index contributed by atoms with van der Waals surface area (Å²) in [7, 11) is 0. The van der Waals surface area contributed by atoms with E-state index < -0.39 is 0 Å². The predicted octanol–water partition coefficient (Wildman–Crippen LogP) is 13.0. The summed E-state index contributed by atoms with van der Waals surface area (Å²) < 4.78 is 0. The number of fused-ring (bicyclic) bond motifs is 4. The monoisotopic (exact) mass is 608 g/mol. The van der Waals surface area contributed by atoms with E-state index in [2.05, 4.69) is 97.2 Å². The van der Waals surface area contributed by atoms with Crippen LogP contribution < -0.4 is 0 Å². The molecule has 240 valence electrons. The van der Waals surface area contributed by atoms with Crippen LogP contribution in [0.1, 0.15) is 125 Å². The third-order valence-electron chi connectivity index (χ3n) is 10.8. The van der Waals surface area contributed by atoms with E-state index in [1.165, 1.54) is 136 Å². The lowest BCUT2D eigenvalue weighted by atomic mass is 9.89. The van der Waals surface area contributed by atoms with Crippen LogP contribution in [-0.4, -0.2) is 0 Å². The molecule has 0 aliphatic heterocycles. The maximum atomic E-state index is 2.46. The van der Waals surface area contributed by atoms with Gasteiger partial charge in [0.05, 0.1) is 0 Å². The molecule has 0 bridgehead atoms. The van der Waals surface area contributed by atoms with Crippen LogP contribution in [0.5, 0.6) is 0 Å². The molecule has 0 atom stereocenters. The second-order valence-corrected chi connectivity index (χ2v) is 14.1. The highest BCUT2D eigenvalue weighted by Gasteiger charge is 2.13. The Hall–Kier alpha value is -3.38. The fourth-order valence-corrected chi connectivity index (χ4v) is 8.04. The van der Waals surface area contributed by atoms with E-state index >= 15 is 0 Å². The topological polar surface area (TPSA) is 0 Å². The van der Waals surface area contributed by atoms with E-state index in [4.69, 9.17) is 0 Å². The average molecular weight is 609 g/mol. The van der Waals surface area contributed by atoms with Crippen molar-refractivity contribution in [2.45, 2.75) is 128 Å². The molecule has 0 aromatic heterocycles. The summed E-state index contributed by atoms with van der Waals surface area (Å²) in [5.74, 6) is 0. The minimum atomic E-state index is 1.13. The van der Waals surface area contributed by atoms with Gasteiger partial charge in [-0.1, -0.05) is 136 Å². The molecule has 0 heteroatoms. The van der Waals surface area contributed by atoms with Crippen LogP contribution in [0.15, 0.2) is 131 Å². The first-order chi connectivity index (χ1) is 22.8. The van der Waals surface area contributed by atoms with Gasteiger partial charge in [-0.3, -0.25) is 0 Å². The highest BCUT2D eigenvalue weighted by Crippen LogP contribution is 2.31. The highest BCUT2D eigenvalue weighted by atomic mass is 14.2. The maximum absolute atomic E-state index is 2.46. The van der Waals surface area contributed by atoms with E-state index in [9.17, 15) is 0 Å². The second-order valence-electron chi connectivity index (χ2n) is 14.1. The number of rotatable bonds is 0. The smallest absolute Gasteiger partial charge is 0.0184 e. The van der Waals surface area contributed by atoms with Gasteiger partial charge in [0.15, 0.2) is 0 Å². The van der Waals surface area contributed by atoms with Gasteiger partial charge in [-0.2, -0.15) is 0 Å². The number of aryl methyl sites for hydroxylation is 4. The minimum Gasteiger partial charge on any atom is -0.0617 e. The lowest BCUT2D eigenvalue weighted by Gasteiger charge is -2.16. The van der Waals surface area contributed by atoms with Crippen molar-refractivity contribution in [1.29, 1.82) is 0 Å². The van der Waals surface area contributed by atoms with E-state index in [1.54, 1.807) is 22.3 Å². The molecule has 0 unspecified atom stereocenters. The van der Waals surface area contributed by atoms with Crippen molar-refractivity contribution in [2.24, 2.45) is 0 Å². The van der Waals surface area contributed by atoms with Gasteiger partial charge >= 0.3 is 0 Å². The van der Waals surface area contributed by atoms with Crippen LogP contribution in [0.3, 0.4) is 0 Å². The fraction of sp³-hybridized carbons (Fsp3) is 0.435. The van der Waals surface area contributed by atoms with Gasteiger partial charge in [-0.05, 0) is 146 Å². The molecule has 0 N–H and O–H groups in total. The summed E-state index contributed by atoms with van der Waals surface area (Å²) in [5, 5.41) is 0. The van der Waals surface area contributed by atoms with Gasteiger partial charge in [0.2, 0.25) is 0 Å². The van der Waals surface area contributed by atoms with Crippen molar-refractivity contribution in [3.05, 3.63) is 153 Å². The number of hydrogen-bond acceptors (Lipinski definition) is 0. The Kier molecular flexibility index (Phi) is 12.4. The molecule has 6 rings (SSSR count). The van der Waals surface area contributed by atoms with Gasteiger partial charge in [-0.25, -0.2) is 0 Å². The minimum absolute atomic E-state index is 1.13. The summed E-state index contributed by atoms with van der Waals surface area (Å²) in [6, 6.07) is 14.6. The fourth-order valence-electron chi connectivity index (χ4n) is 8.04. The van der Waals surface area contributed by atoms with Gasteiger partial charge in [0.1, 0.15) is 0 Å². The Labute approximate surface area is 280 Å². The van der Waals surface area contributed by atoms with Crippen molar-refractivity contribution in [3.8, 4) is 0 Å². The summed E-state index contributed by atoms with van der Waals surface area (Å²) in [4.78, 5) is 0. The SMILES string of the molecule is C1=CC2=CC=CC3=C(C=CC2=CC=C2CCCc4cccc5c(cccc4CCCC2=C1)CCCCCCC5)CCCCCCC3. The third-order valence-corrected chi connectivity index (χ3v) is 10.8. The van der Waals surface area contributed by atoms with Crippen molar-refractivity contribution < 1.29 is 0 Å². The Morgan fingerprint density at radius 1 is 0.304 bits per heavy atom. The molecule has 0 amide bonds. The molecule has 0 heterocycles. The first-order valence-electron chi connectivity index (χ1n) is 18.9. The molecular formula is C46H56. The van der Waals surface area contributed by atoms with E-state index in [1.807, 2.05) is 0 Å². The Bertz CT molecular complexity index is 1520. The number of hydrogen-bond donors (Lipinski definition) is 0. The molecule has 5 aliphatic rings. The molecule has 0 saturated heterocycles. The predicted molar refractivity (Wildman–Crippen MR) is 200 cm³/mol. The lowest BCUT2D eigenvalue weighted by molar-refractivity contribution is 0.629. The van der Waals surface area contributed by atoms with Crippen LogP contribution >= 0.6 is 0 Å². The zero-order valence-corrected chi connectivity index (χ0v) is 28.4. The molecule has 1 aromatic carbocycles. The zero-order chi connectivity index (χ0) is 31.2. The quantitative estimate of drug-likeness (QED) is 0.275. The van der Waals surface area contributed by atoms with E-state index in [-0.39, 0.29) is 0 Å². The Morgan fingerprint density at radius 3 is 1.37 bits per heavy atom. The summed E-state index contributed by atoms with van der Waals surface area (Å²) in [5.41, 5.74) is 15.0. The van der Waals surface area contributed by atoms with Gasteiger partial charge in [0.25, 0.3) is 0 Å². The van der Waals surface area contributed by atoms with E-state index in [0.717, 1.165) is 25.7 Å². The summed E-state index contributed by atoms with van der Waals surface area (Å²) in [6.45, 7) is 0. The molecule has 1 aromatic rings. The highest BCUT2D eigenvalue weighted by molar-refractivity contribution is 5.55. The third kappa shape index (κ3) is 9.34. The number of allylic oxidation sites excluding steroid dienone is 16. The maximum Gasteiger partial charge on any atom is -0.0184 e. The van der Waals surface area contributed by atoms with Crippen LogP contribution in [-0.2, 0) is 25.7 Å². The molecule has 46 heavy (non-hydrogen) atoms. The van der Waals surface area contributed by atoms with Crippen molar-refractivity contribution in [1.82, 2.24) is 0 Å². The normalized spacial score (nSPS) is 21.2. The van der Waals surface area contributed by atoms with Crippen molar-refractivity contribution >= 4 is 0 Å². The Morgan fingerprint density at radius 2 is 0.761 bits per heavy atom. The summed E-state index contributed by atoms with van der Waals surface area (Å²) >= 11 is 0. The molecule has 5 aliphatic carbocycles.